The molecule has 1 saturated carbocycles. The fourth-order valence-electron chi connectivity index (χ4n) is 1.56. The lowest BCUT2D eigenvalue weighted by Gasteiger charge is -2.19. The van der Waals surface area contributed by atoms with Gasteiger partial charge in [0.05, 0.1) is 19.7 Å². The second kappa shape index (κ2) is 6.48. The molecule has 0 atom stereocenters. The van der Waals surface area contributed by atoms with Crippen molar-refractivity contribution in [3.05, 3.63) is 0 Å². The number of hydrogen-bond donors (Lipinski definition) is 1. The number of nitrogens with zero attached hydrogens (tertiary/aromatic N) is 1. The number of carbonyl (C=O) groups is 2. The molecule has 0 unspecified atom stereocenters. The summed E-state index contributed by atoms with van der Waals surface area (Å²) in [7, 11) is 0. The van der Waals surface area contributed by atoms with Gasteiger partial charge in [-0.2, -0.15) is 0 Å². The fourth-order valence-corrected chi connectivity index (χ4v) is 1.56. The maximum atomic E-state index is 11.4. The van der Waals surface area contributed by atoms with Gasteiger partial charge in [0.1, 0.15) is 0 Å². The topological polar surface area (TPSA) is 58.6 Å². The SMILES string of the molecule is CCNC(=O)CN(CC(=O)OCC)C1CC1. The van der Waals surface area contributed by atoms with Crippen LogP contribution in [0.3, 0.4) is 0 Å². The van der Waals surface area contributed by atoms with Crippen LogP contribution >= 0.6 is 0 Å². The Bertz CT molecular complexity index is 232. The van der Waals surface area contributed by atoms with Crippen molar-refractivity contribution in [2.75, 3.05) is 26.2 Å². The molecule has 16 heavy (non-hydrogen) atoms. The number of likely N-dealkylation sites (N-methyl/N-ethyl adjacent to an activating group) is 1. The molecule has 0 aromatic carbocycles. The van der Waals surface area contributed by atoms with E-state index in [9.17, 15) is 9.59 Å². The van der Waals surface area contributed by atoms with E-state index < -0.39 is 0 Å². The standard InChI is InChI=1S/C11H20N2O3/c1-3-12-10(14)7-13(9-5-6-9)8-11(15)16-4-2/h9H,3-8H2,1-2H3,(H,12,14). The number of rotatable bonds is 7. The van der Waals surface area contributed by atoms with Gasteiger partial charge in [0.25, 0.3) is 0 Å². The van der Waals surface area contributed by atoms with Gasteiger partial charge in [-0.3, -0.25) is 14.5 Å². The van der Waals surface area contributed by atoms with Crippen molar-refractivity contribution in [2.45, 2.75) is 32.7 Å². The summed E-state index contributed by atoms with van der Waals surface area (Å²) in [5.74, 6) is -0.280. The first-order chi connectivity index (χ1) is 7.67. The quantitative estimate of drug-likeness (QED) is 0.630. The second-order valence-electron chi connectivity index (χ2n) is 3.89. The molecule has 1 aliphatic rings. The number of esters is 1. The lowest BCUT2D eigenvalue weighted by atomic mass is 10.4. The van der Waals surface area contributed by atoms with E-state index in [2.05, 4.69) is 5.32 Å². The van der Waals surface area contributed by atoms with Gasteiger partial charge in [-0.05, 0) is 26.7 Å². The molecule has 1 amide bonds. The van der Waals surface area contributed by atoms with E-state index in [1.807, 2.05) is 11.8 Å². The van der Waals surface area contributed by atoms with E-state index in [-0.39, 0.29) is 25.0 Å². The Labute approximate surface area is 96.1 Å². The molecule has 1 rings (SSSR count). The first kappa shape index (κ1) is 13.0. The molecule has 5 heteroatoms. The van der Waals surface area contributed by atoms with Crippen molar-refractivity contribution in [1.82, 2.24) is 10.2 Å². The summed E-state index contributed by atoms with van der Waals surface area (Å²) >= 11 is 0. The third-order valence-corrected chi connectivity index (χ3v) is 2.42. The lowest BCUT2D eigenvalue weighted by molar-refractivity contribution is -0.144. The van der Waals surface area contributed by atoms with E-state index in [4.69, 9.17) is 4.74 Å². The Morgan fingerprint density at radius 1 is 1.31 bits per heavy atom. The molecular weight excluding hydrogens is 208 g/mol. The Hall–Kier alpha value is -1.10. The minimum absolute atomic E-state index is 0.0290. The van der Waals surface area contributed by atoms with Gasteiger partial charge >= 0.3 is 5.97 Å². The summed E-state index contributed by atoms with van der Waals surface area (Å²) in [5, 5.41) is 2.73. The third-order valence-electron chi connectivity index (χ3n) is 2.42. The van der Waals surface area contributed by atoms with Crippen molar-refractivity contribution >= 4 is 11.9 Å². The van der Waals surface area contributed by atoms with Crippen LogP contribution < -0.4 is 5.32 Å². The van der Waals surface area contributed by atoms with Gasteiger partial charge in [-0.15, -0.1) is 0 Å². The molecule has 0 aromatic rings. The zero-order valence-corrected chi connectivity index (χ0v) is 9.99. The Morgan fingerprint density at radius 2 is 2.00 bits per heavy atom. The molecule has 92 valence electrons. The first-order valence-electron chi connectivity index (χ1n) is 5.83. The fraction of sp³-hybridized carbons (Fsp3) is 0.818. The molecule has 0 bridgehead atoms. The molecule has 0 heterocycles. The van der Waals surface area contributed by atoms with Crippen LogP contribution in [0.1, 0.15) is 26.7 Å². The highest BCUT2D eigenvalue weighted by Crippen LogP contribution is 2.26. The minimum Gasteiger partial charge on any atom is -0.465 e. The highest BCUT2D eigenvalue weighted by atomic mass is 16.5. The van der Waals surface area contributed by atoms with Crippen LogP contribution in [0.25, 0.3) is 0 Å². The molecule has 0 aromatic heterocycles. The smallest absolute Gasteiger partial charge is 0.320 e. The van der Waals surface area contributed by atoms with Gasteiger partial charge in [-0.25, -0.2) is 0 Å². The largest absolute Gasteiger partial charge is 0.465 e. The zero-order chi connectivity index (χ0) is 12.0. The zero-order valence-electron chi connectivity index (χ0n) is 9.99. The number of hydrogen-bond acceptors (Lipinski definition) is 4. The van der Waals surface area contributed by atoms with Gasteiger partial charge in [0, 0.05) is 12.6 Å². The molecule has 0 radical (unpaired) electrons. The Balaban J connectivity index is 2.35. The van der Waals surface area contributed by atoms with Crippen LogP contribution in [-0.2, 0) is 14.3 Å². The average Bonchev–Trinajstić information content (AvgIpc) is 3.00. The van der Waals surface area contributed by atoms with Crippen LogP contribution in [0, 0.1) is 0 Å². The molecule has 5 nitrogen and oxygen atoms in total. The number of ether oxygens (including phenoxy) is 1. The summed E-state index contributed by atoms with van der Waals surface area (Å²) in [6, 6.07) is 0.381. The third kappa shape index (κ3) is 4.61. The van der Waals surface area contributed by atoms with Crippen LogP contribution in [0.4, 0.5) is 0 Å². The normalized spacial score (nSPS) is 14.9. The molecule has 1 fully saturated rings. The molecule has 0 aliphatic heterocycles. The van der Waals surface area contributed by atoms with E-state index in [0.717, 1.165) is 12.8 Å². The van der Waals surface area contributed by atoms with Crippen molar-refractivity contribution in [3.63, 3.8) is 0 Å². The van der Waals surface area contributed by atoms with Crippen molar-refractivity contribution in [1.29, 1.82) is 0 Å². The second-order valence-corrected chi connectivity index (χ2v) is 3.89. The molecule has 1 N–H and O–H groups in total. The van der Waals surface area contributed by atoms with Crippen LogP contribution in [0.5, 0.6) is 0 Å². The summed E-state index contributed by atoms with van der Waals surface area (Å²) in [6.07, 6.45) is 2.14. The summed E-state index contributed by atoms with van der Waals surface area (Å²) < 4.78 is 4.88. The average molecular weight is 228 g/mol. The van der Waals surface area contributed by atoms with Crippen molar-refractivity contribution in [3.8, 4) is 0 Å². The number of carbonyl (C=O) groups excluding carboxylic acids is 2. The van der Waals surface area contributed by atoms with Crippen molar-refractivity contribution in [2.24, 2.45) is 0 Å². The summed E-state index contributed by atoms with van der Waals surface area (Å²) in [5.41, 5.74) is 0. The molecule has 1 aliphatic carbocycles. The number of nitrogens with one attached hydrogen (secondary N) is 1. The predicted octanol–water partition coefficient (Wildman–Crippen LogP) is 0.150. The van der Waals surface area contributed by atoms with E-state index in [1.54, 1.807) is 6.92 Å². The highest BCUT2D eigenvalue weighted by molar-refractivity contribution is 5.79. The van der Waals surface area contributed by atoms with Gasteiger partial charge < -0.3 is 10.1 Å². The lowest BCUT2D eigenvalue weighted by Crippen LogP contribution is -2.41. The van der Waals surface area contributed by atoms with E-state index in [1.165, 1.54) is 0 Å². The Morgan fingerprint density at radius 3 is 2.50 bits per heavy atom. The van der Waals surface area contributed by atoms with E-state index in [0.29, 0.717) is 19.2 Å². The predicted molar refractivity (Wildman–Crippen MR) is 59.9 cm³/mol. The summed E-state index contributed by atoms with van der Waals surface area (Å²) in [6.45, 7) is 5.18. The van der Waals surface area contributed by atoms with Gasteiger partial charge in [-0.1, -0.05) is 0 Å². The van der Waals surface area contributed by atoms with E-state index >= 15 is 0 Å². The maximum absolute atomic E-state index is 11.4. The molecular formula is C11H20N2O3. The first-order valence-corrected chi connectivity index (χ1v) is 5.83. The van der Waals surface area contributed by atoms with Crippen LogP contribution in [-0.4, -0.2) is 49.1 Å². The number of amides is 1. The van der Waals surface area contributed by atoms with Crippen LogP contribution in [0.2, 0.25) is 0 Å². The van der Waals surface area contributed by atoms with Crippen molar-refractivity contribution < 1.29 is 14.3 Å². The van der Waals surface area contributed by atoms with Gasteiger partial charge in [0.2, 0.25) is 5.91 Å². The van der Waals surface area contributed by atoms with Crippen LogP contribution in [0.15, 0.2) is 0 Å². The Kier molecular flexibility index (Phi) is 5.25. The molecule has 0 saturated heterocycles. The minimum atomic E-state index is -0.251. The monoisotopic (exact) mass is 228 g/mol. The summed E-state index contributed by atoms with van der Waals surface area (Å²) in [4.78, 5) is 24.6. The van der Waals surface area contributed by atoms with Gasteiger partial charge in [0.15, 0.2) is 0 Å². The highest BCUT2D eigenvalue weighted by Gasteiger charge is 2.31. The maximum Gasteiger partial charge on any atom is 0.320 e. The molecule has 0 spiro atoms.